The van der Waals surface area contributed by atoms with Crippen LogP contribution in [0.2, 0.25) is 0 Å². The summed E-state index contributed by atoms with van der Waals surface area (Å²) < 4.78 is 0. The van der Waals surface area contributed by atoms with Crippen LogP contribution in [-0.2, 0) is 10.8 Å². The van der Waals surface area contributed by atoms with Crippen LogP contribution in [0.5, 0.6) is 0 Å². The number of aliphatic imine (C=N–C) groups is 1. The fourth-order valence-corrected chi connectivity index (χ4v) is 2.89. The zero-order valence-corrected chi connectivity index (χ0v) is 16.5. The molecule has 0 aromatic heterocycles. The van der Waals surface area contributed by atoms with Gasteiger partial charge in [0, 0.05) is 6.21 Å². The Morgan fingerprint density at radius 1 is 0.826 bits per heavy atom. The summed E-state index contributed by atoms with van der Waals surface area (Å²) in [5.41, 5.74) is 4.14. The van der Waals surface area contributed by atoms with Gasteiger partial charge in [0.05, 0.1) is 5.69 Å². The van der Waals surface area contributed by atoms with Crippen LogP contribution in [0.15, 0.2) is 23.2 Å². The van der Waals surface area contributed by atoms with Gasteiger partial charge in [-0.25, -0.2) is 0 Å². The second-order valence-corrected chi connectivity index (χ2v) is 8.72. The van der Waals surface area contributed by atoms with Gasteiger partial charge in [0.2, 0.25) is 0 Å². The molecule has 1 rings (SSSR count). The standard InChI is InChI=1S/C22H37N/c1-8-9-10-11-12-13-17-23-20-18(21(2,3)4)15-14-16-19(20)22(5,6)7/h14-17H,8-13H2,1-7H3. The molecule has 0 N–H and O–H groups in total. The topological polar surface area (TPSA) is 12.4 Å². The molecule has 1 heteroatoms. The lowest BCUT2D eigenvalue weighted by Gasteiger charge is -2.28. The average Bonchev–Trinajstić information content (AvgIpc) is 2.44. The molecule has 0 radical (unpaired) electrons. The molecule has 0 heterocycles. The van der Waals surface area contributed by atoms with Crippen LogP contribution < -0.4 is 0 Å². The van der Waals surface area contributed by atoms with E-state index in [0.717, 1.165) is 6.42 Å². The number of hydrogen-bond acceptors (Lipinski definition) is 1. The van der Waals surface area contributed by atoms with Gasteiger partial charge < -0.3 is 0 Å². The SMILES string of the molecule is CCCCCCCC=Nc1c(C(C)(C)C)cccc1C(C)(C)C. The highest BCUT2D eigenvalue weighted by Crippen LogP contribution is 2.39. The molecule has 1 nitrogen and oxygen atoms in total. The average molecular weight is 316 g/mol. The van der Waals surface area contributed by atoms with E-state index in [1.54, 1.807) is 0 Å². The van der Waals surface area contributed by atoms with E-state index in [4.69, 9.17) is 4.99 Å². The number of nitrogens with zero attached hydrogens (tertiary/aromatic N) is 1. The van der Waals surface area contributed by atoms with E-state index in [9.17, 15) is 0 Å². The van der Waals surface area contributed by atoms with Crippen molar-refractivity contribution in [3.63, 3.8) is 0 Å². The maximum Gasteiger partial charge on any atom is 0.0700 e. The van der Waals surface area contributed by atoms with Gasteiger partial charge in [-0.2, -0.15) is 0 Å². The van der Waals surface area contributed by atoms with Crippen molar-refractivity contribution < 1.29 is 0 Å². The molecular weight excluding hydrogens is 278 g/mol. The molecule has 0 atom stereocenters. The molecule has 0 amide bonds. The molecule has 130 valence electrons. The Hall–Kier alpha value is -1.11. The van der Waals surface area contributed by atoms with Crippen LogP contribution in [0, 0.1) is 0 Å². The Morgan fingerprint density at radius 3 is 1.83 bits per heavy atom. The monoisotopic (exact) mass is 315 g/mol. The number of benzene rings is 1. The summed E-state index contributed by atoms with van der Waals surface area (Å²) in [6.07, 6.45) is 9.84. The fraction of sp³-hybridized carbons (Fsp3) is 0.682. The molecule has 0 bridgehead atoms. The first-order valence-electron chi connectivity index (χ1n) is 9.34. The first-order chi connectivity index (χ1) is 10.7. The van der Waals surface area contributed by atoms with Gasteiger partial charge >= 0.3 is 0 Å². The quantitative estimate of drug-likeness (QED) is 0.368. The summed E-state index contributed by atoms with van der Waals surface area (Å²) in [6, 6.07) is 6.66. The van der Waals surface area contributed by atoms with Crippen LogP contribution in [0.3, 0.4) is 0 Å². The van der Waals surface area contributed by atoms with Crippen molar-refractivity contribution in [3.05, 3.63) is 29.3 Å². The van der Waals surface area contributed by atoms with Crippen LogP contribution in [0.25, 0.3) is 0 Å². The minimum Gasteiger partial charge on any atom is -0.261 e. The fourth-order valence-electron chi connectivity index (χ4n) is 2.89. The first-order valence-corrected chi connectivity index (χ1v) is 9.34. The molecule has 0 fully saturated rings. The molecule has 1 aromatic carbocycles. The molecule has 0 unspecified atom stereocenters. The third-order valence-corrected chi connectivity index (χ3v) is 4.31. The van der Waals surface area contributed by atoms with Crippen LogP contribution in [-0.4, -0.2) is 6.21 Å². The smallest absolute Gasteiger partial charge is 0.0700 e. The van der Waals surface area contributed by atoms with E-state index in [-0.39, 0.29) is 10.8 Å². The normalized spacial score (nSPS) is 13.0. The van der Waals surface area contributed by atoms with Gasteiger partial charge in [0.1, 0.15) is 0 Å². The summed E-state index contributed by atoms with van der Waals surface area (Å²) in [5.74, 6) is 0. The van der Waals surface area contributed by atoms with Crippen LogP contribution in [0.1, 0.15) is 98.1 Å². The van der Waals surface area contributed by atoms with Crippen LogP contribution >= 0.6 is 0 Å². The molecule has 0 spiro atoms. The highest BCUT2D eigenvalue weighted by Gasteiger charge is 2.24. The number of rotatable bonds is 7. The second kappa shape index (κ2) is 8.66. The maximum atomic E-state index is 4.93. The highest BCUT2D eigenvalue weighted by atomic mass is 14.7. The molecular formula is C22H37N. The molecule has 0 aliphatic rings. The van der Waals surface area contributed by atoms with Crippen molar-refractivity contribution >= 4 is 11.9 Å². The van der Waals surface area contributed by atoms with Crippen molar-refractivity contribution in [1.82, 2.24) is 0 Å². The Labute approximate surface area is 144 Å². The van der Waals surface area contributed by atoms with E-state index < -0.39 is 0 Å². The van der Waals surface area contributed by atoms with Crippen molar-refractivity contribution in [2.45, 2.75) is 97.8 Å². The van der Waals surface area contributed by atoms with E-state index in [1.807, 2.05) is 0 Å². The van der Waals surface area contributed by atoms with Crippen molar-refractivity contribution in [3.8, 4) is 0 Å². The summed E-state index contributed by atoms with van der Waals surface area (Å²) in [4.78, 5) is 4.93. The van der Waals surface area contributed by atoms with Gasteiger partial charge in [-0.15, -0.1) is 0 Å². The minimum absolute atomic E-state index is 0.120. The van der Waals surface area contributed by atoms with Crippen molar-refractivity contribution in [2.24, 2.45) is 4.99 Å². The largest absolute Gasteiger partial charge is 0.261 e. The zero-order valence-electron chi connectivity index (χ0n) is 16.5. The van der Waals surface area contributed by atoms with Crippen LogP contribution in [0.4, 0.5) is 5.69 Å². The second-order valence-electron chi connectivity index (χ2n) is 8.72. The number of para-hydroxylation sites is 1. The van der Waals surface area contributed by atoms with Gasteiger partial charge in [-0.05, 0) is 34.8 Å². The lowest BCUT2D eigenvalue weighted by molar-refractivity contribution is 0.571. The lowest BCUT2D eigenvalue weighted by atomic mass is 9.79. The molecule has 0 aliphatic heterocycles. The maximum absolute atomic E-state index is 4.93. The van der Waals surface area contributed by atoms with E-state index in [2.05, 4.69) is 72.9 Å². The summed E-state index contributed by atoms with van der Waals surface area (Å²) in [6.45, 7) is 15.9. The predicted molar refractivity (Wildman–Crippen MR) is 105 cm³/mol. The predicted octanol–water partition coefficient (Wildman–Crippen LogP) is 7.34. The van der Waals surface area contributed by atoms with E-state index in [1.165, 1.54) is 48.9 Å². The van der Waals surface area contributed by atoms with Gasteiger partial charge in [0.25, 0.3) is 0 Å². The van der Waals surface area contributed by atoms with Gasteiger partial charge in [0.15, 0.2) is 0 Å². The van der Waals surface area contributed by atoms with Crippen molar-refractivity contribution in [2.75, 3.05) is 0 Å². The summed E-state index contributed by atoms with van der Waals surface area (Å²) in [5, 5.41) is 0. The molecule has 23 heavy (non-hydrogen) atoms. The van der Waals surface area contributed by atoms with E-state index >= 15 is 0 Å². The Balaban J connectivity index is 2.94. The number of hydrogen-bond donors (Lipinski definition) is 0. The van der Waals surface area contributed by atoms with Gasteiger partial charge in [-0.3, -0.25) is 4.99 Å². The third kappa shape index (κ3) is 6.49. The Morgan fingerprint density at radius 2 is 1.35 bits per heavy atom. The lowest BCUT2D eigenvalue weighted by Crippen LogP contribution is -2.17. The first kappa shape index (κ1) is 19.9. The molecule has 0 saturated heterocycles. The Kier molecular flexibility index (Phi) is 7.51. The molecule has 0 aliphatic carbocycles. The third-order valence-electron chi connectivity index (χ3n) is 4.31. The van der Waals surface area contributed by atoms with Crippen molar-refractivity contribution in [1.29, 1.82) is 0 Å². The van der Waals surface area contributed by atoms with Gasteiger partial charge in [-0.1, -0.05) is 92.3 Å². The summed E-state index contributed by atoms with van der Waals surface area (Å²) in [7, 11) is 0. The molecule has 0 saturated carbocycles. The highest BCUT2D eigenvalue weighted by molar-refractivity contribution is 5.68. The van der Waals surface area contributed by atoms with E-state index in [0.29, 0.717) is 0 Å². The summed E-state index contributed by atoms with van der Waals surface area (Å²) >= 11 is 0. The number of unbranched alkanes of at least 4 members (excludes halogenated alkanes) is 5. The molecule has 1 aromatic rings. The zero-order chi connectivity index (χ0) is 17.5. The Bertz CT molecular complexity index is 465. The minimum atomic E-state index is 0.120.